The van der Waals surface area contributed by atoms with E-state index >= 15 is 0 Å². The zero-order chi connectivity index (χ0) is 18.9. The molecule has 26 heavy (non-hydrogen) atoms. The van der Waals surface area contributed by atoms with Crippen molar-refractivity contribution in [1.82, 2.24) is 14.5 Å². The number of Topliss-reactive ketones (excluding diaryl/α,β-unsaturated/α-hetero) is 1. The molecular weight excluding hydrogens is 364 g/mol. The van der Waals surface area contributed by atoms with Crippen molar-refractivity contribution >= 4 is 33.6 Å². The van der Waals surface area contributed by atoms with Crippen LogP contribution in [-0.2, 0) is 31.0 Å². The smallest absolute Gasteiger partial charge is 0.299 e. The molecule has 2 amide bonds. The number of carbonyl (C=O) groups excluding carboxylic acids is 3. The molecule has 10 nitrogen and oxygen atoms in total. The van der Waals surface area contributed by atoms with Gasteiger partial charge < -0.3 is 9.73 Å². The molecule has 3 heterocycles. The lowest BCUT2D eigenvalue weighted by Crippen LogP contribution is -2.58. The summed E-state index contributed by atoms with van der Waals surface area (Å²) in [5.41, 5.74) is 0. The quantitative estimate of drug-likeness (QED) is 0.532. The molecule has 1 fully saturated rings. The van der Waals surface area contributed by atoms with E-state index < -0.39 is 33.7 Å². The van der Waals surface area contributed by atoms with Crippen LogP contribution in [0.15, 0.2) is 27.8 Å². The second-order valence-corrected chi connectivity index (χ2v) is 7.97. The molecule has 0 radical (unpaired) electrons. The topological polar surface area (TPSA) is 129 Å². The molecule has 3 rings (SSSR count). The summed E-state index contributed by atoms with van der Waals surface area (Å²) >= 11 is 0. The minimum atomic E-state index is -3.64. The van der Waals surface area contributed by atoms with Gasteiger partial charge in [-0.1, -0.05) is 0 Å². The molecule has 1 aromatic rings. The van der Waals surface area contributed by atoms with Crippen molar-refractivity contribution in [3.63, 3.8) is 0 Å². The van der Waals surface area contributed by atoms with Crippen molar-refractivity contribution in [2.45, 2.75) is 25.4 Å². The fourth-order valence-electron chi connectivity index (χ4n) is 2.74. The summed E-state index contributed by atoms with van der Waals surface area (Å²) in [6.07, 6.45) is 2.54. The van der Waals surface area contributed by atoms with E-state index in [9.17, 15) is 22.8 Å². The number of rotatable bonds is 3. The van der Waals surface area contributed by atoms with Crippen molar-refractivity contribution in [2.75, 3.05) is 19.3 Å². The van der Waals surface area contributed by atoms with Crippen molar-refractivity contribution in [3.05, 3.63) is 24.2 Å². The number of hydrogen-bond acceptors (Lipinski definition) is 7. The van der Waals surface area contributed by atoms with Gasteiger partial charge in [0.15, 0.2) is 6.04 Å². The van der Waals surface area contributed by atoms with Crippen LogP contribution in [-0.4, -0.2) is 66.6 Å². The first-order valence-electron chi connectivity index (χ1n) is 8.01. The van der Waals surface area contributed by atoms with E-state index in [0.717, 1.165) is 9.21 Å². The minimum absolute atomic E-state index is 0.0203. The number of carbonyl (C=O) groups is 3. The maximum atomic E-state index is 12.3. The molecule has 1 atom stereocenters. The van der Waals surface area contributed by atoms with Gasteiger partial charge in [-0.05, 0) is 25.0 Å². The van der Waals surface area contributed by atoms with Gasteiger partial charge in [0, 0.05) is 13.6 Å². The number of hydrogen-bond donors (Lipinski definition) is 1. The number of guanidine groups is 1. The van der Waals surface area contributed by atoms with Crippen LogP contribution in [0.1, 0.15) is 18.6 Å². The Hall–Kier alpha value is -2.69. The Morgan fingerprint density at radius 2 is 2.15 bits per heavy atom. The summed E-state index contributed by atoms with van der Waals surface area (Å²) < 4.78 is 30.6. The maximum absolute atomic E-state index is 12.3. The first-order chi connectivity index (χ1) is 12.3. The predicted molar refractivity (Wildman–Crippen MR) is 89.3 cm³/mol. The molecule has 1 unspecified atom stereocenters. The van der Waals surface area contributed by atoms with Crippen LogP contribution in [0.3, 0.4) is 0 Å². The highest BCUT2D eigenvalue weighted by molar-refractivity contribution is 7.89. The maximum Gasteiger partial charge on any atom is 0.299 e. The normalized spacial score (nSPS) is 23.0. The van der Waals surface area contributed by atoms with E-state index in [0.29, 0.717) is 18.6 Å². The highest BCUT2D eigenvalue weighted by Crippen LogP contribution is 2.19. The van der Waals surface area contributed by atoms with Gasteiger partial charge in [-0.2, -0.15) is 0 Å². The Bertz CT molecular complexity index is 861. The molecule has 1 aromatic heterocycles. The van der Waals surface area contributed by atoms with E-state index in [-0.39, 0.29) is 24.8 Å². The van der Waals surface area contributed by atoms with Crippen LogP contribution < -0.4 is 5.32 Å². The van der Waals surface area contributed by atoms with Crippen LogP contribution >= 0.6 is 0 Å². The molecule has 0 spiro atoms. The fourth-order valence-corrected chi connectivity index (χ4v) is 4.36. The zero-order valence-corrected chi connectivity index (χ0v) is 14.9. The minimum Gasteiger partial charge on any atom is -0.467 e. The van der Waals surface area contributed by atoms with Gasteiger partial charge in [-0.3, -0.25) is 19.3 Å². The Morgan fingerprint density at radius 1 is 1.38 bits per heavy atom. The Balaban J connectivity index is 1.86. The van der Waals surface area contributed by atoms with Crippen molar-refractivity contribution in [1.29, 1.82) is 0 Å². The van der Waals surface area contributed by atoms with E-state index in [2.05, 4.69) is 10.3 Å². The summed E-state index contributed by atoms with van der Waals surface area (Å²) in [5, 5.41) is 2.47. The van der Waals surface area contributed by atoms with Gasteiger partial charge >= 0.3 is 0 Å². The van der Waals surface area contributed by atoms with Gasteiger partial charge in [0.05, 0.1) is 18.6 Å². The molecule has 1 saturated heterocycles. The van der Waals surface area contributed by atoms with E-state index in [1.807, 2.05) is 0 Å². The van der Waals surface area contributed by atoms with Crippen LogP contribution in [0.4, 0.5) is 0 Å². The van der Waals surface area contributed by atoms with Crippen LogP contribution in [0.5, 0.6) is 0 Å². The summed E-state index contributed by atoms with van der Waals surface area (Å²) in [7, 11) is -2.38. The summed E-state index contributed by atoms with van der Waals surface area (Å²) in [6, 6.07) is 1.65. The zero-order valence-electron chi connectivity index (χ0n) is 14.0. The molecule has 0 saturated carbocycles. The van der Waals surface area contributed by atoms with Gasteiger partial charge in [0.25, 0.3) is 17.6 Å². The molecule has 2 aliphatic rings. The average molecular weight is 382 g/mol. The van der Waals surface area contributed by atoms with E-state index in [1.54, 1.807) is 12.1 Å². The summed E-state index contributed by atoms with van der Waals surface area (Å²) in [5.74, 6) is -2.59. The second kappa shape index (κ2) is 6.90. The number of furan rings is 1. The number of amides is 2. The van der Waals surface area contributed by atoms with Crippen molar-refractivity contribution < 1.29 is 27.2 Å². The van der Waals surface area contributed by atoms with Gasteiger partial charge in [-0.15, -0.1) is 0 Å². The molecule has 140 valence electrons. The number of nitrogens with zero attached hydrogens (tertiary/aromatic N) is 3. The predicted octanol–water partition coefficient (Wildman–Crippen LogP) is -0.913. The SMILES string of the molecule is CN1C(=O)C(=O)C(C(=O)NCc2ccco2)N=C1N1CCCCS1(=O)=O. The fraction of sp³-hybridized carbons (Fsp3) is 0.467. The monoisotopic (exact) mass is 382 g/mol. The Morgan fingerprint density at radius 3 is 2.81 bits per heavy atom. The average Bonchev–Trinajstić information content (AvgIpc) is 3.12. The molecule has 1 N–H and O–H groups in total. The van der Waals surface area contributed by atoms with Crippen LogP contribution in [0.25, 0.3) is 0 Å². The Kier molecular flexibility index (Phi) is 4.81. The highest BCUT2D eigenvalue weighted by atomic mass is 32.2. The first-order valence-corrected chi connectivity index (χ1v) is 9.62. The third-order valence-electron chi connectivity index (χ3n) is 4.15. The van der Waals surface area contributed by atoms with E-state index in [1.165, 1.54) is 13.3 Å². The van der Waals surface area contributed by atoms with Crippen molar-refractivity contribution in [2.24, 2.45) is 4.99 Å². The molecular formula is C15H18N4O6S. The summed E-state index contributed by atoms with van der Waals surface area (Å²) in [6.45, 7) is 0.167. The molecule has 0 bridgehead atoms. The highest BCUT2D eigenvalue weighted by Gasteiger charge is 2.43. The van der Waals surface area contributed by atoms with Crippen LogP contribution in [0, 0.1) is 0 Å². The van der Waals surface area contributed by atoms with Crippen molar-refractivity contribution in [3.8, 4) is 0 Å². The third-order valence-corrected chi connectivity index (χ3v) is 5.97. The number of nitrogens with one attached hydrogen (secondary N) is 1. The number of likely N-dealkylation sites (N-methyl/N-ethyl adjacent to an activating group) is 1. The first kappa shape index (κ1) is 18.1. The second-order valence-electron chi connectivity index (χ2n) is 5.95. The lowest BCUT2D eigenvalue weighted by Gasteiger charge is -2.35. The standard InChI is InChI=1S/C15H18N4O6S/c1-18-14(22)12(20)11(13(21)16-9-10-5-4-7-25-10)17-15(18)19-6-2-3-8-26(19,23)24/h4-5,7,11H,2-3,6,8-9H2,1H3,(H,16,21). The number of ketones is 1. The molecule has 0 aliphatic carbocycles. The lowest BCUT2D eigenvalue weighted by molar-refractivity contribution is -0.145. The van der Waals surface area contributed by atoms with Crippen LogP contribution in [0.2, 0.25) is 0 Å². The summed E-state index contributed by atoms with van der Waals surface area (Å²) in [4.78, 5) is 41.6. The molecule has 2 aliphatic heterocycles. The largest absolute Gasteiger partial charge is 0.467 e. The number of sulfonamides is 1. The third kappa shape index (κ3) is 3.34. The lowest BCUT2D eigenvalue weighted by atomic mass is 10.1. The number of aliphatic imine (C=N–C) groups is 1. The molecule has 11 heteroatoms. The molecule has 0 aromatic carbocycles. The van der Waals surface area contributed by atoms with Gasteiger partial charge in [0.1, 0.15) is 5.76 Å². The Labute approximate surface area is 149 Å². The van der Waals surface area contributed by atoms with E-state index in [4.69, 9.17) is 4.42 Å². The van der Waals surface area contributed by atoms with Gasteiger partial charge in [0.2, 0.25) is 16.0 Å². The van der Waals surface area contributed by atoms with Gasteiger partial charge in [-0.25, -0.2) is 17.7 Å².